The Morgan fingerprint density at radius 1 is 1.33 bits per heavy atom. The number of nitrogens with one attached hydrogen (secondary N) is 1. The Balaban J connectivity index is 2.00. The molecule has 5 nitrogen and oxygen atoms in total. The predicted molar refractivity (Wildman–Crippen MR) is 84.5 cm³/mol. The van der Waals surface area contributed by atoms with Gasteiger partial charge >= 0.3 is 0 Å². The summed E-state index contributed by atoms with van der Waals surface area (Å²) in [4.78, 5) is 2.52. The Hall–Kier alpha value is -0.950. The highest BCUT2D eigenvalue weighted by atomic mass is 32.2. The Kier molecular flexibility index (Phi) is 5.37. The third kappa shape index (κ3) is 4.26. The lowest BCUT2D eigenvalue weighted by molar-refractivity contribution is 0.187. The monoisotopic (exact) mass is 311 g/mol. The minimum absolute atomic E-state index is 0.0920. The maximum Gasteiger partial charge on any atom is 0.240 e. The average molecular weight is 311 g/mol. The van der Waals surface area contributed by atoms with Crippen LogP contribution in [-0.2, 0) is 10.0 Å². The summed E-state index contributed by atoms with van der Waals surface area (Å²) in [5.74, 6) is 0. The van der Waals surface area contributed by atoms with Gasteiger partial charge in [0, 0.05) is 18.6 Å². The zero-order valence-corrected chi connectivity index (χ0v) is 13.6. The van der Waals surface area contributed by atoms with Crippen LogP contribution in [0.15, 0.2) is 29.2 Å². The highest BCUT2D eigenvalue weighted by Crippen LogP contribution is 2.17. The first-order valence-corrected chi connectivity index (χ1v) is 8.94. The molecule has 0 spiro atoms. The number of hydrogen-bond acceptors (Lipinski definition) is 4. The van der Waals surface area contributed by atoms with Crippen LogP contribution in [0.4, 0.5) is 0 Å². The maximum absolute atomic E-state index is 12.3. The number of hydrogen-bond donors (Lipinski definition) is 2. The van der Waals surface area contributed by atoms with E-state index in [2.05, 4.69) is 16.7 Å². The fourth-order valence-corrected chi connectivity index (χ4v) is 3.71. The summed E-state index contributed by atoms with van der Waals surface area (Å²) in [6.07, 6.45) is 3.40. The summed E-state index contributed by atoms with van der Waals surface area (Å²) >= 11 is 0. The van der Waals surface area contributed by atoms with Crippen molar-refractivity contribution in [2.75, 3.05) is 20.1 Å². The van der Waals surface area contributed by atoms with Gasteiger partial charge in [0.05, 0.1) is 4.90 Å². The summed E-state index contributed by atoms with van der Waals surface area (Å²) in [6, 6.07) is 6.97. The molecule has 2 unspecified atom stereocenters. The second kappa shape index (κ2) is 6.87. The lowest BCUT2D eigenvalue weighted by Gasteiger charge is -2.32. The van der Waals surface area contributed by atoms with E-state index < -0.39 is 10.0 Å². The van der Waals surface area contributed by atoms with Crippen LogP contribution in [0.5, 0.6) is 0 Å². The van der Waals surface area contributed by atoms with Crippen molar-refractivity contribution in [3.63, 3.8) is 0 Å². The van der Waals surface area contributed by atoms with Gasteiger partial charge < -0.3 is 10.6 Å². The number of likely N-dealkylation sites (N-methyl/N-ethyl adjacent to an activating group) is 1. The van der Waals surface area contributed by atoms with Crippen LogP contribution in [0, 0.1) is 0 Å². The number of piperidine rings is 1. The molecule has 0 radical (unpaired) electrons. The van der Waals surface area contributed by atoms with Gasteiger partial charge in [-0.25, -0.2) is 13.1 Å². The zero-order chi connectivity index (χ0) is 15.5. The molecule has 0 saturated carbocycles. The van der Waals surface area contributed by atoms with Crippen LogP contribution < -0.4 is 10.5 Å². The van der Waals surface area contributed by atoms with E-state index >= 15 is 0 Å². The lowest BCUT2D eigenvalue weighted by Crippen LogP contribution is -2.44. The van der Waals surface area contributed by atoms with Crippen molar-refractivity contribution in [2.24, 2.45) is 5.73 Å². The number of likely N-dealkylation sites (tertiary alicyclic amines) is 1. The quantitative estimate of drug-likeness (QED) is 0.863. The van der Waals surface area contributed by atoms with Crippen molar-refractivity contribution in [3.05, 3.63) is 29.8 Å². The molecule has 0 bridgehead atoms. The van der Waals surface area contributed by atoms with E-state index in [4.69, 9.17) is 5.73 Å². The van der Waals surface area contributed by atoms with Gasteiger partial charge in [-0.1, -0.05) is 18.6 Å². The largest absolute Gasteiger partial charge is 0.324 e. The molecule has 1 saturated heterocycles. The Bertz CT molecular complexity index is 555. The van der Waals surface area contributed by atoms with Crippen molar-refractivity contribution in [1.29, 1.82) is 0 Å². The van der Waals surface area contributed by atoms with Crippen LogP contribution in [-0.4, -0.2) is 39.5 Å². The number of benzene rings is 1. The van der Waals surface area contributed by atoms with Gasteiger partial charge in [-0.3, -0.25) is 0 Å². The molecule has 0 aliphatic carbocycles. The molecule has 0 aromatic heterocycles. The van der Waals surface area contributed by atoms with E-state index in [9.17, 15) is 8.42 Å². The topological polar surface area (TPSA) is 75.4 Å². The van der Waals surface area contributed by atoms with Gasteiger partial charge in [0.2, 0.25) is 10.0 Å². The molecule has 1 fully saturated rings. The van der Waals surface area contributed by atoms with Gasteiger partial charge in [0.15, 0.2) is 0 Å². The molecule has 6 heteroatoms. The summed E-state index contributed by atoms with van der Waals surface area (Å²) in [5, 5.41) is 0. The Labute approximate surface area is 127 Å². The molecular weight excluding hydrogens is 286 g/mol. The fraction of sp³-hybridized carbons (Fsp3) is 0.600. The van der Waals surface area contributed by atoms with Gasteiger partial charge in [0.1, 0.15) is 0 Å². The predicted octanol–water partition coefficient (Wildman–Crippen LogP) is 1.47. The first-order chi connectivity index (χ1) is 9.90. The van der Waals surface area contributed by atoms with Crippen molar-refractivity contribution in [2.45, 2.75) is 43.2 Å². The van der Waals surface area contributed by atoms with Crippen LogP contribution in [0.2, 0.25) is 0 Å². The fourth-order valence-electron chi connectivity index (χ4n) is 2.64. The highest BCUT2D eigenvalue weighted by Gasteiger charge is 2.22. The third-order valence-corrected chi connectivity index (χ3v) is 5.59. The zero-order valence-electron chi connectivity index (χ0n) is 12.7. The molecule has 2 atom stereocenters. The van der Waals surface area contributed by atoms with E-state index in [1.807, 2.05) is 6.92 Å². The van der Waals surface area contributed by atoms with Crippen molar-refractivity contribution >= 4 is 10.0 Å². The van der Waals surface area contributed by atoms with Crippen molar-refractivity contribution in [3.8, 4) is 0 Å². The van der Waals surface area contributed by atoms with Gasteiger partial charge in [-0.05, 0) is 51.1 Å². The van der Waals surface area contributed by atoms with E-state index in [0.29, 0.717) is 11.4 Å². The SMILES string of the molecule is CC(N)c1ccc(S(=O)(=O)NCC2CCCCN2C)cc1. The molecule has 1 aliphatic rings. The second-order valence-electron chi connectivity index (χ2n) is 5.84. The van der Waals surface area contributed by atoms with Crippen molar-refractivity contribution < 1.29 is 8.42 Å². The van der Waals surface area contributed by atoms with Crippen LogP contribution >= 0.6 is 0 Å². The average Bonchev–Trinajstić information content (AvgIpc) is 2.46. The summed E-state index contributed by atoms with van der Waals surface area (Å²) < 4.78 is 27.3. The molecule has 3 N–H and O–H groups in total. The first kappa shape index (κ1) is 16.4. The molecule has 2 rings (SSSR count). The van der Waals surface area contributed by atoms with Gasteiger partial charge in [-0.15, -0.1) is 0 Å². The van der Waals surface area contributed by atoms with Crippen LogP contribution in [0.25, 0.3) is 0 Å². The Morgan fingerprint density at radius 3 is 2.57 bits per heavy atom. The molecule has 1 aromatic rings. The number of nitrogens with two attached hydrogens (primary N) is 1. The Morgan fingerprint density at radius 2 is 2.00 bits per heavy atom. The standard InChI is InChI=1S/C15H25N3O2S/c1-12(16)13-6-8-15(9-7-13)21(19,20)17-11-14-5-3-4-10-18(14)2/h6-9,12,14,17H,3-5,10-11,16H2,1-2H3. The second-order valence-corrected chi connectivity index (χ2v) is 7.61. The summed E-state index contributed by atoms with van der Waals surface area (Å²) in [7, 11) is -1.39. The van der Waals surface area contributed by atoms with Crippen LogP contribution in [0.3, 0.4) is 0 Å². The molecule has 1 aromatic carbocycles. The minimum Gasteiger partial charge on any atom is -0.324 e. The molecule has 1 aliphatic heterocycles. The molecular formula is C15H25N3O2S. The maximum atomic E-state index is 12.3. The minimum atomic E-state index is -3.44. The molecule has 21 heavy (non-hydrogen) atoms. The van der Waals surface area contributed by atoms with E-state index in [0.717, 1.165) is 18.5 Å². The first-order valence-electron chi connectivity index (χ1n) is 7.45. The molecule has 1 heterocycles. The summed E-state index contributed by atoms with van der Waals surface area (Å²) in [5.41, 5.74) is 6.71. The summed E-state index contributed by atoms with van der Waals surface area (Å²) in [6.45, 7) is 3.38. The molecule has 0 amide bonds. The molecule has 118 valence electrons. The number of nitrogens with zero attached hydrogens (tertiary/aromatic N) is 1. The smallest absolute Gasteiger partial charge is 0.240 e. The number of rotatable bonds is 5. The van der Waals surface area contributed by atoms with E-state index in [1.54, 1.807) is 24.3 Å². The lowest BCUT2D eigenvalue weighted by atomic mass is 10.0. The van der Waals surface area contributed by atoms with Crippen molar-refractivity contribution in [1.82, 2.24) is 9.62 Å². The van der Waals surface area contributed by atoms with E-state index in [1.165, 1.54) is 12.8 Å². The van der Waals surface area contributed by atoms with Gasteiger partial charge in [0.25, 0.3) is 0 Å². The third-order valence-electron chi connectivity index (χ3n) is 4.15. The number of sulfonamides is 1. The van der Waals surface area contributed by atoms with Crippen LogP contribution in [0.1, 0.15) is 37.8 Å². The van der Waals surface area contributed by atoms with E-state index in [-0.39, 0.29) is 12.1 Å². The normalized spacial score (nSPS) is 22.1. The highest BCUT2D eigenvalue weighted by molar-refractivity contribution is 7.89. The van der Waals surface area contributed by atoms with Gasteiger partial charge in [-0.2, -0.15) is 0 Å².